The van der Waals surface area contributed by atoms with E-state index in [1.54, 1.807) is 23.1 Å². The molecule has 2 nitrogen and oxygen atoms in total. The number of hydrogen-bond donors (Lipinski definition) is 1. The first-order valence-electron chi connectivity index (χ1n) is 6.00. The number of aromatic nitrogens is 1. The van der Waals surface area contributed by atoms with Crippen LogP contribution in [0.15, 0.2) is 51.7 Å². The van der Waals surface area contributed by atoms with Crippen LogP contribution in [0.2, 0.25) is 0 Å². The van der Waals surface area contributed by atoms with Crippen molar-refractivity contribution in [2.45, 2.75) is 22.8 Å². The fourth-order valence-electron chi connectivity index (χ4n) is 1.90. The Bertz CT molecular complexity index is 688. The topological polar surface area (TPSA) is 33.1 Å². The van der Waals surface area contributed by atoms with Crippen LogP contribution < -0.4 is 0 Å². The molecule has 19 heavy (non-hydrogen) atoms. The van der Waals surface area contributed by atoms with Gasteiger partial charge in [0.15, 0.2) is 4.34 Å². The maximum atomic E-state index is 9.18. The fraction of sp³-hybridized carbons (Fsp3) is 0.133. The summed E-state index contributed by atoms with van der Waals surface area (Å²) in [5.74, 6) is 0. The molecule has 0 unspecified atom stereocenters. The molecule has 0 amide bonds. The third-order valence-electron chi connectivity index (χ3n) is 2.96. The van der Waals surface area contributed by atoms with E-state index in [0.29, 0.717) is 0 Å². The van der Waals surface area contributed by atoms with Crippen LogP contribution in [0.3, 0.4) is 0 Å². The Kier molecular flexibility index (Phi) is 3.55. The number of thiazole rings is 1. The van der Waals surface area contributed by atoms with E-state index in [2.05, 4.69) is 17.1 Å². The Morgan fingerprint density at radius 2 is 2.05 bits per heavy atom. The minimum atomic E-state index is 0.0952. The summed E-state index contributed by atoms with van der Waals surface area (Å²) < 4.78 is 2.27. The highest BCUT2D eigenvalue weighted by atomic mass is 32.2. The van der Waals surface area contributed by atoms with E-state index in [1.165, 1.54) is 4.70 Å². The zero-order valence-electron chi connectivity index (χ0n) is 10.5. The van der Waals surface area contributed by atoms with Crippen molar-refractivity contribution in [3.05, 3.63) is 53.6 Å². The molecule has 1 heterocycles. The molecule has 1 aromatic heterocycles. The summed E-state index contributed by atoms with van der Waals surface area (Å²) in [7, 11) is 0. The Morgan fingerprint density at radius 3 is 2.79 bits per heavy atom. The maximum absolute atomic E-state index is 9.18. The monoisotopic (exact) mass is 287 g/mol. The number of rotatable bonds is 3. The van der Waals surface area contributed by atoms with Gasteiger partial charge in [-0.05, 0) is 42.3 Å². The molecule has 0 saturated heterocycles. The molecular weight excluding hydrogens is 274 g/mol. The van der Waals surface area contributed by atoms with E-state index in [0.717, 1.165) is 25.9 Å². The molecule has 4 heteroatoms. The molecule has 0 saturated carbocycles. The second-order valence-electron chi connectivity index (χ2n) is 4.30. The third-order valence-corrected chi connectivity index (χ3v) is 5.05. The number of nitrogens with zero attached hydrogens (tertiary/aromatic N) is 1. The second kappa shape index (κ2) is 5.33. The highest BCUT2D eigenvalue weighted by molar-refractivity contribution is 8.01. The van der Waals surface area contributed by atoms with Gasteiger partial charge in [0.25, 0.3) is 0 Å². The molecule has 1 N–H and O–H groups in total. The van der Waals surface area contributed by atoms with Crippen LogP contribution in [0.1, 0.15) is 11.1 Å². The average Bonchev–Trinajstić information content (AvgIpc) is 2.81. The summed E-state index contributed by atoms with van der Waals surface area (Å²) in [6.45, 7) is 2.12. The van der Waals surface area contributed by atoms with E-state index >= 15 is 0 Å². The second-order valence-corrected chi connectivity index (χ2v) is 6.65. The molecule has 0 aliphatic carbocycles. The van der Waals surface area contributed by atoms with Crippen LogP contribution in [0.4, 0.5) is 0 Å². The highest BCUT2D eigenvalue weighted by Gasteiger charge is 2.06. The van der Waals surface area contributed by atoms with Gasteiger partial charge in [-0.1, -0.05) is 30.0 Å². The van der Waals surface area contributed by atoms with E-state index < -0.39 is 0 Å². The lowest BCUT2D eigenvalue weighted by atomic mass is 10.1. The molecule has 0 spiro atoms. The van der Waals surface area contributed by atoms with Gasteiger partial charge in [0.05, 0.1) is 16.8 Å². The molecule has 2 aromatic carbocycles. The van der Waals surface area contributed by atoms with Gasteiger partial charge >= 0.3 is 0 Å². The van der Waals surface area contributed by atoms with Crippen LogP contribution >= 0.6 is 23.1 Å². The van der Waals surface area contributed by atoms with Crippen LogP contribution in [0.5, 0.6) is 0 Å². The summed E-state index contributed by atoms with van der Waals surface area (Å²) >= 11 is 3.38. The van der Waals surface area contributed by atoms with Crippen LogP contribution in [-0.2, 0) is 6.61 Å². The van der Waals surface area contributed by atoms with Gasteiger partial charge in [-0.3, -0.25) is 0 Å². The van der Waals surface area contributed by atoms with Crippen molar-refractivity contribution in [2.75, 3.05) is 0 Å². The zero-order chi connectivity index (χ0) is 13.2. The Labute approximate surface area is 120 Å². The lowest BCUT2D eigenvalue weighted by Crippen LogP contribution is -1.88. The van der Waals surface area contributed by atoms with E-state index in [1.807, 2.05) is 37.3 Å². The number of para-hydroxylation sites is 1. The van der Waals surface area contributed by atoms with Crippen LogP contribution in [-0.4, -0.2) is 10.1 Å². The summed E-state index contributed by atoms with van der Waals surface area (Å²) in [6, 6.07) is 14.3. The smallest absolute Gasteiger partial charge is 0.155 e. The Morgan fingerprint density at radius 1 is 1.21 bits per heavy atom. The largest absolute Gasteiger partial charge is 0.392 e. The molecular formula is C15H13NOS2. The lowest BCUT2D eigenvalue weighted by molar-refractivity contribution is 0.281. The summed E-state index contributed by atoms with van der Waals surface area (Å²) in [6.07, 6.45) is 0. The molecule has 0 aliphatic rings. The number of aliphatic hydroxyl groups is 1. The van der Waals surface area contributed by atoms with Crippen molar-refractivity contribution in [3.8, 4) is 0 Å². The standard InChI is InChI=1S/C15H13NOS2/c1-10-8-12(7-6-11(10)9-17)18-15-16-13-4-2-3-5-14(13)19-15/h2-8,17H,9H2,1H3. The first-order chi connectivity index (χ1) is 9.26. The van der Waals surface area contributed by atoms with E-state index in [4.69, 9.17) is 0 Å². The highest BCUT2D eigenvalue weighted by Crippen LogP contribution is 2.34. The maximum Gasteiger partial charge on any atom is 0.155 e. The number of hydrogen-bond acceptors (Lipinski definition) is 4. The summed E-state index contributed by atoms with van der Waals surface area (Å²) in [5.41, 5.74) is 3.15. The number of aryl methyl sites for hydroxylation is 1. The van der Waals surface area contributed by atoms with Gasteiger partial charge in [0.2, 0.25) is 0 Å². The van der Waals surface area contributed by atoms with Gasteiger partial charge in [-0.2, -0.15) is 0 Å². The van der Waals surface area contributed by atoms with Crippen molar-refractivity contribution in [3.63, 3.8) is 0 Å². The van der Waals surface area contributed by atoms with Gasteiger partial charge < -0.3 is 5.11 Å². The van der Waals surface area contributed by atoms with E-state index in [-0.39, 0.29) is 6.61 Å². The van der Waals surface area contributed by atoms with Crippen molar-refractivity contribution < 1.29 is 5.11 Å². The van der Waals surface area contributed by atoms with Gasteiger partial charge in [-0.25, -0.2) is 4.98 Å². The molecule has 0 radical (unpaired) electrons. The van der Waals surface area contributed by atoms with Crippen molar-refractivity contribution in [1.82, 2.24) is 4.98 Å². The minimum absolute atomic E-state index is 0.0952. The van der Waals surface area contributed by atoms with Crippen molar-refractivity contribution >= 4 is 33.3 Å². The molecule has 3 aromatic rings. The summed E-state index contributed by atoms with van der Waals surface area (Å²) in [4.78, 5) is 5.77. The SMILES string of the molecule is Cc1cc(Sc2nc3ccccc3s2)ccc1CO. The molecule has 96 valence electrons. The van der Waals surface area contributed by atoms with Gasteiger partial charge in [0, 0.05) is 4.90 Å². The van der Waals surface area contributed by atoms with Crippen LogP contribution in [0, 0.1) is 6.92 Å². The third kappa shape index (κ3) is 2.66. The van der Waals surface area contributed by atoms with Crippen molar-refractivity contribution in [1.29, 1.82) is 0 Å². The summed E-state index contributed by atoms with van der Waals surface area (Å²) in [5, 5.41) is 9.18. The predicted molar refractivity (Wildman–Crippen MR) is 80.8 cm³/mol. The Balaban J connectivity index is 1.90. The predicted octanol–water partition coefficient (Wildman–Crippen LogP) is 4.25. The quantitative estimate of drug-likeness (QED) is 0.782. The first kappa shape index (κ1) is 12.7. The molecule has 0 atom stereocenters. The first-order valence-corrected chi connectivity index (χ1v) is 7.63. The molecule has 0 bridgehead atoms. The number of aliphatic hydroxyl groups excluding tert-OH is 1. The van der Waals surface area contributed by atoms with Crippen molar-refractivity contribution in [2.24, 2.45) is 0 Å². The minimum Gasteiger partial charge on any atom is -0.392 e. The molecule has 3 rings (SSSR count). The normalized spacial score (nSPS) is 11.1. The average molecular weight is 287 g/mol. The van der Waals surface area contributed by atoms with Gasteiger partial charge in [0.1, 0.15) is 0 Å². The number of fused-ring (bicyclic) bond motifs is 1. The van der Waals surface area contributed by atoms with E-state index in [9.17, 15) is 5.11 Å². The molecule has 0 fully saturated rings. The molecule has 0 aliphatic heterocycles. The fourth-order valence-corrected chi connectivity index (χ4v) is 4.04. The number of benzene rings is 2. The lowest BCUT2D eigenvalue weighted by Gasteiger charge is -2.04. The van der Waals surface area contributed by atoms with Gasteiger partial charge in [-0.15, -0.1) is 11.3 Å². The zero-order valence-corrected chi connectivity index (χ0v) is 12.1. The Hall–Kier alpha value is -1.36. The van der Waals surface area contributed by atoms with Crippen LogP contribution in [0.25, 0.3) is 10.2 Å².